The summed E-state index contributed by atoms with van der Waals surface area (Å²) in [5.74, 6) is 0.874. The molecule has 0 fully saturated rings. The number of anilines is 1. The average Bonchev–Trinajstić information content (AvgIpc) is 3.11. The summed E-state index contributed by atoms with van der Waals surface area (Å²) >= 11 is 1.29. The molecule has 0 saturated heterocycles. The Kier molecular flexibility index (Phi) is 7.24. The van der Waals surface area contributed by atoms with Crippen LogP contribution in [-0.2, 0) is 17.9 Å². The highest BCUT2D eigenvalue weighted by molar-refractivity contribution is 7.99. The van der Waals surface area contributed by atoms with Crippen molar-refractivity contribution >= 4 is 23.4 Å². The minimum Gasteiger partial charge on any atom is -0.486 e. The van der Waals surface area contributed by atoms with E-state index in [-0.39, 0.29) is 24.1 Å². The molecule has 1 heterocycles. The van der Waals surface area contributed by atoms with Crippen molar-refractivity contribution in [1.29, 1.82) is 0 Å². The molecule has 0 spiro atoms. The molecule has 0 aliphatic heterocycles. The summed E-state index contributed by atoms with van der Waals surface area (Å²) in [6.45, 7) is 8.45. The molecule has 1 N–H and O–H groups in total. The Bertz CT molecular complexity index is 1030. The van der Waals surface area contributed by atoms with Crippen LogP contribution in [0.1, 0.15) is 17.0 Å². The molecule has 1 amide bonds. The van der Waals surface area contributed by atoms with Gasteiger partial charge >= 0.3 is 0 Å². The molecule has 156 valence electrons. The van der Waals surface area contributed by atoms with Crippen molar-refractivity contribution < 1.29 is 13.9 Å². The predicted molar refractivity (Wildman–Crippen MR) is 116 cm³/mol. The van der Waals surface area contributed by atoms with Crippen LogP contribution in [0.25, 0.3) is 0 Å². The number of carbonyl (C=O) groups excluding carboxylic acids is 1. The molecular formula is C22H23FN4O2S. The third kappa shape index (κ3) is 5.70. The number of allylic oxidation sites excluding steroid dienone is 1. The third-order valence-corrected chi connectivity index (χ3v) is 5.38. The predicted octanol–water partition coefficient (Wildman–Crippen LogP) is 4.53. The Hall–Kier alpha value is -3.13. The average molecular weight is 427 g/mol. The van der Waals surface area contributed by atoms with E-state index in [4.69, 9.17) is 4.74 Å². The van der Waals surface area contributed by atoms with Crippen molar-refractivity contribution in [2.24, 2.45) is 0 Å². The molecular weight excluding hydrogens is 403 g/mol. The van der Waals surface area contributed by atoms with E-state index in [9.17, 15) is 9.18 Å². The van der Waals surface area contributed by atoms with Gasteiger partial charge in [-0.3, -0.25) is 9.36 Å². The number of amides is 1. The van der Waals surface area contributed by atoms with Crippen LogP contribution in [0, 0.1) is 19.7 Å². The minimum absolute atomic E-state index is 0.125. The van der Waals surface area contributed by atoms with Crippen LogP contribution in [-0.4, -0.2) is 26.4 Å². The van der Waals surface area contributed by atoms with Gasteiger partial charge in [0.05, 0.1) is 5.75 Å². The summed E-state index contributed by atoms with van der Waals surface area (Å²) < 4.78 is 20.5. The standard InChI is InChI=1S/C22H23FN4O2S/c1-4-11-27-20(13-29-19-9-6-17(23)7-10-19)25-26-22(27)30-14-21(28)24-18-8-5-15(2)16(3)12-18/h4-10,12H,1,11,13-14H2,2-3H3,(H,24,28). The molecule has 0 atom stereocenters. The number of halogens is 1. The van der Waals surface area contributed by atoms with E-state index < -0.39 is 0 Å². The number of carbonyl (C=O) groups is 1. The second kappa shape index (κ2) is 10.1. The van der Waals surface area contributed by atoms with Gasteiger partial charge in [0.25, 0.3) is 0 Å². The van der Waals surface area contributed by atoms with Gasteiger partial charge in [-0.05, 0) is 61.4 Å². The fraction of sp³-hybridized carbons (Fsp3) is 0.227. The van der Waals surface area contributed by atoms with Gasteiger partial charge in [0.1, 0.15) is 18.2 Å². The van der Waals surface area contributed by atoms with Crippen LogP contribution in [0.5, 0.6) is 5.75 Å². The van der Waals surface area contributed by atoms with Crippen molar-refractivity contribution in [2.75, 3.05) is 11.1 Å². The summed E-state index contributed by atoms with van der Waals surface area (Å²) in [5, 5.41) is 11.8. The quantitative estimate of drug-likeness (QED) is 0.402. The number of aromatic nitrogens is 3. The molecule has 3 rings (SSSR count). The van der Waals surface area contributed by atoms with Crippen molar-refractivity contribution in [2.45, 2.75) is 32.2 Å². The summed E-state index contributed by atoms with van der Waals surface area (Å²) in [4.78, 5) is 12.3. The zero-order valence-electron chi connectivity index (χ0n) is 16.9. The van der Waals surface area contributed by atoms with Gasteiger partial charge in [-0.1, -0.05) is 23.9 Å². The molecule has 0 bridgehead atoms. The van der Waals surface area contributed by atoms with E-state index in [1.165, 1.54) is 29.5 Å². The van der Waals surface area contributed by atoms with E-state index in [1.54, 1.807) is 18.2 Å². The lowest BCUT2D eigenvalue weighted by Gasteiger charge is -2.10. The normalized spacial score (nSPS) is 10.6. The van der Waals surface area contributed by atoms with Gasteiger partial charge in [0.2, 0.25) is 5.91 Å². The number of hydrogen-bond acceptors (Lipinski definition) is 5. The maximum absolute atomic E-state index is 13.0. The molecule has 0 saturated carbocycles. The minimum atomic E-state index is -0.324. The SMILES string of the molecule is C=CCn1c(COc2ccc(F)cc2)nnc1SCC(=O)Nc1ccc(C)c(C)c1. The van der Waals surface area contributed by atoms with Gasteiger partial charge in [0.15, 0.2) is 11.0 Å². The Morgan fingerprint density at radius 1 is 1.20 bits per heavy atom. The monoisotopic (exact) mass is 426 g/mol. The fourth-order valence-corrected chi connectivity index (χ4v) is 3.44. The van der Waals surface area contributed by atoms with E-state index >= 15 is 0 Å². The first kappa shape index (κ1) is 21.6. The lowest BCUT2D eigenvalue weighted by Crippen LogP contribution is -2.15. The zero-order chi connectivity index (χ0) is 21.5. The smallest absolute Gasteiger partial charge is 0.234 e. The van der Waals surface area contributed by atoms with Crippen molar-refractivity contribution in [3.05, 3.63) is 77.9 Å². The van der Waals surface area contributed by atoms with Crippen LogP contribution < -0.4 is 10.1 Å². The van der Waals surface area contributed by atoms with E-state index in [2.05, 4.69) is 22.1 Å². The highest BCUT2D eigenvalue weighted by atomic mass is 32.2. The molecule has 2 aromatic carbocycles. The molecule has 0 aliphatic rings. The topological polar surface area (TPSA) is 69.0 Å². The number of aryl methyl sites for hydroxylation is 2. The first-order valence-electron chi connectivity index (χ1n) is 9.37. The number of ether oxygens (including phenoxy) is 1. The molecule has 3 aromatic rings. The Morgan fingerprint density at radius 2 is 1.97 bits per heavy atom. The Morgan fingerprint density at radius 3 is 2.67 bits per heavy atom. The van der Waals surface area contributed by atoms with Gasteiger partial charge in [-0.2, -0.15) is 0 Å². The first-order chi connectivity index (χ1) is 14.5. The highest BCUT2D eigenvalue weighted by Crippen LogP contribution is 2.20. The molecule has 30 heavy (non-hydrogen) atoms. The van der Waals surface area contributed by atoms with Crippen LogP contribution in [0.15, 0.2) is 60.3 Å². The van der Waals surface area contributed by atoms with Gasteiger partial charge < -0.3 is 10.1 Å². The van der Waals surface area contributed by atoms with Gasteiger partial charge in [-0.15, -0.1) is 16.8 Å². The van der Waals surface area contributed by atoms with Crippen LogP contribution in [0.2, 0.25) is 0 Å². The summed E-state index contributed by atoms with van der Waals surface area (Å²) in [7, 11) is 0. The number of hydrogen-bond donors (Lipinski definition) is 1. The van der Waals surface area contributed by atoms with Crippen molar-refractivity contribution in [3.8, 4) is 5.75 Å². The molecule has 6 nitrogen and oxygen atoms in total. The van der Waals surface area contributed by atoms with Gasteiger partial charge in [-0.25, -0.2) is 4.39 Å². The molecule has 0 unspecified atom stereocenters. The maximum Gasteiger partial charge on any atom is 0.234 e. The fourth-order valence-electron chi connectivity index (χ4n) is 2.67. The first-order valence-corrected chi connectivity index (χ1v) is 10.4. The van der Waals surface area contributed by atoms with Crippen molar-refractivity contribution in [1.82, 2.24) is 14.8 Å². The molecule has 1 aromatic heterocycles. The Balaban J connectivity index is 1.60. The number of nitrogens with zero attached hydrogens (tertiary/aromatic N) is 3. The van der Waals surface area contributed by atoms with Crippen LogP contribution in [0.3, 0.4) is 0 Å². The zero-order valence-corrected chi connectivity index (χ0v) is 17.7. The van der Waals surface area contributed by atoms with Crippen molar-refractivity contribution in [3.63, 3.8) is 0 Å². The highest BCUT2D eigenvalue weighted by Gasteiger charge is 2.14. The maximum atomic E-state index is 13.0. The number of benzene rings is 2. The number of nitrogens with one attached hydrogen (secondary N) is 1. The van der Waals surface area contributed by atoms with Gasteiger partial charge in [0, 0.05) is 12.2 Å². The molecule has 0 radical (unpaired) electrons. The largest absolute Gasteiger partial charge is 0.486 e. The van der Waals surface area contributed by atoms with Crippen LogP contribution >= 0.6 is 11.8 Å². The second-order valence-corrected chi connectivity index (χ2v) is 7.62. The van der Waals surface area contributed by atoms with Crippen LogP contribution in [0.4, 0.5) is 10.1 Å². The van der Waals surface area contributed by atoms with E-state index in [0.29, 0.717) is 23.3 Å². The number of thioether (sulfide) groups is 1. The third-order valence-electron chi connectivity index (χ3n) is 4.41. The van der Waals surface area contributed by atoms with E-state index in [0.717, 1.165) is 11.3 Å². The second-order valence-electron chi connectivity index (χ2n) is 6.68. The van der Waals surface area contributed by atoms with E-state index in [1.807, 2.05) is 36.6 Å². The molecule has 0 aliphatic carbocycles. The lowest BCUT2D eigenvalue weighted by atomic mass is 10.1. The summed E-state index contributed by atoms with van der Waals surface area (Å²) in [5.41, 5.74) is 3.07. The Labute approximate surface area is 179 Å². The molecule has 8 heteroatoms. The number of rotatable bonds is 9. The summed E-state index contributed by atoms with van der Waals surface area (Å²) in [6, 6.07) is 11.6. The lowest BCUT2D eigenvalue weighted by molar-refractivity contribution is -0.113. The summed E-state index contributed by atoms with van der Waals surface area (Å²) in [6.07, 6.45) is 1.73.